The number of aryl methyl sites for hydroxylation is 2. The molecule has 0 spiro atoms. The zero-order chi connectivity index (χ0) is 16.6. The molecule has 118 valence electrons. The topological polar surface area (TPSA) is 59.0 Å². The molecule has 0 unspecified atom stereocenters. The van der Waals surface area contributed by atoms with Gasteiger partial charge in [0.25, 0.3) is 0 Å². The largest absolute Gasteiger partial charge is 0.323 e. The van der Waals surface area contributed by atoms with Crippen molar-refractivity contribution in [3.8, 4) is 0 Å². The van der Waals surface area contributed by atoms with Crippen LogP contribution in [0.25, 0.3) is 10.9 Å². The number of amides is 2. The zero-order valence-corrected chi connectivity index (χ0v) is 14.0. The number of anilines is 2. The summed E-state index contributed by atoms with van der Waals surface area (Å²) in [6, 6.07) is 10.1. The summed E-state index contributed by atoms with van der Waals surface area (Å²) in [4.78, 5) is 12.1. The second-order valence-corrected chi connectivity index (χ2v) is 5.99. The first kappa shape index (κ1) is 15.6. The molecule has 0 radical (unpaired) electrons. The Hall–Kier alpha value is -2.24. The minimum absolute atomic E-state index is 0.378. The Bertz CT molecular complexity index is 904. The van der Waals surface area contributed by atoms with Gasteiger partial charge in [0.05, 0.1) is 16.2 Å². The minimum Gasteiger partial charge on any atom is -0.308 e. The van der Waals surface area contributed by atoms with Crippen molar-refractivity contribution in [1.82, 2.24) is 9.78 Å². The van der Waals surface area contributed by atoms with Crippen LogP contribution in [0.5, 0.6) is 0 Å². The molecule has 23 heavy (non-hydrogen) atoms. The molecule has 5 nitrogen and oxygen atoms in total. The van der Waals surface area contributed by atoms with Crippen LogP contribution in [0, 0.1) is 6.92 Å². The molecular formula is C16H14Cl2N4O. The van der Waals surface area contributed by atoms with Crippen LogP contribution < -0.4 is 10.6 Å². The van der Waals surface area contributed by atoms with Crippen LogP contribution in [-0.2, 0) is 7.05 Å². The lowest BCUT2D eigenvalue weighted by Crippen LogP contribution is -2.19. The standard InChI is InChI=1S/C16H14Cl2N4O/c1-9-12-5-4-11(8-15(12)21-22(9)2)19-16(23)20-14-6-3-10(17)7-13(14)18/h3-8H,1-2H3,(H2,19,20,23). The molecule has 0 aliphatic heterocycles. The van der Waals surface area contributed by atoms with E-state index in [-0.39, 0.29) is 6.03 Å². The second kappa shape index (κ2) is 6.10. The number of rotatable bonds is 2. The average molecular weight is 349 g/mol. The maximum Gasteiger partial charge on any atom is 0.323 e. The summed E-state index contributed by atoms with van der Waals surface area (Å²) in [5.41, 5.74) is 3.04. The fourth-order valence-electron chi connectivity index (χ4n) is 2.28. The summed E-state index contributed by atoms with van der Waals surface area (Å²) < 4.78 is 1.81. The average Bonchev–Trinajstić information content (AvgIpc) is 2.77. The molecule has 0 bridgehead atoms. The number of hydrogen-bond acceptors (Lipinski definition) is 2. The highest BCUT2D eigenvalue weighted by molar-refractivity contribution is 6.36. The van der Waals surface area contributed by atoms with Crippen molar-refractivity contribution in [2.75, 3.05) is 10.6 Å². The highest BCUT2D eigenvalue weighted by Gasteiger charge is 2.09. The van der Waals surface area contributed by atoms with Crippen LogP contribution in [0.15, 0.2) is 36.4 Å². The van der Waals surface area contributed by atoms with Gasteiger partial charge in [0, 0.05) is 28.8 Å². The summed E-state index contributed by atoms with van der Waals surface area (Å²) >= 11 is 11.9. The van der Waals surface area contributed by atoms with E-state index in [0.29, 0.717) is 21.4 Å². The van der Waals surface area contributed by atoms with Gasteiger partial charge in [-0.15, -0.1) is 0 Å². The lowest BCUT2D eigenvalue weighted by Gasteiger charge is -2.09. The van der Waals surface area contributed by atoms with Crippen LogP contribution in [0.1, 0.15) is 5.69 Å². The van der Waals surface area contributed by atoms with Crippen LogP contribution in [-0.4, -0.2) is 15.8 Å². The van der Waals surface area contributed by atoms with Gasteiger partial charge in [0.1, 0.15) is 0 Å². The quantitative estimate of drug-likeness (QED) is 0.696. The van der Waals surface area contributed by atoms with Crippen molar-refractivity contribution in [2.45, 2.75) is 6.92 Å². The van der Waals surface area contributed by atoms with Crippen LogP contribution in [0.3, 0.4) is 0 Å². The number of carbonyl (C=O) groups is 1. The Morgan fingerprint density at radius 3 is 2.65 bits per heavy atom. The van der Waals surface area contributed by atoms with E-state index in [2.05, 4.69) is 15.7 Å². The van der Waals surface area contributed by atoms with Gasteiger partial charge in [-0.25, -0.2) is 4.79 Å². The number of fused-ring (bicyclic) bond motifs is 1. The van der Waals surface area contributed by atoms with Gasteiger partial charge in [-0.2, -0.15) is 5.10 Å². The molecule has 0 atom stereocenters. The van der Waals surface area contributed by atoms with Crippen molar-refractivity contribution in [3.63, 3.8) is 0 Å². The van der Waals surface area contributed by atoms with Crippen molar-refractivity contribution in [1.29, 1.82) is 0 Å². The number of carbonyl (C=O) groups excluding carboxylic acids is 1. The molecule has 3 aromatic rings. The third kappa shape index (κ3) is 3.25. The zero-order valence-electron chi connectivity index (χ0n) is 12.5. The van der Waals surface area contributed by atoms with Crippen molar-refractivity contribution < 1.29 is 4.79 Å². The third-order valence-corrected chi connectivity index (χ3v) is 4.12. The molecular weight excluding hydrogens is 335 g/mol. The van der Waals surface area contributed by atoms with Gasteiger partial charge in [-0.3, -0.25) is 4.68 Å². The Balaban J connectivity index is 1.77. The molecule has 7 heteroatoms. The monoisotopic (exact) mass is 348 g/mol. The number of benzene rings is 2. The first-order valence-corrected chi connectivity index (χ1v) is 7.66. The molecule has 0 saturated carbocycles. The molecule has 1 heterocycles. The van der Waals surface area contributed by atoms with E-state index in [1.54, 1.807) is 18.2 Å². The van der Waals surface area contributed by atoms with Crippen molar-refractivity contribution in [3.05, 3.63) is 52.1 Å². The predicted octanol–water partition coefficient (Wildman–Crippen LogP) is 4.83. The summed E-state index contributed by atoms with van der Waals surface area (Å²) in [6.45, 7) is 2.00. The maximum atomic E-state index is 12.1. The minimum atomic E-state index is -0.388. The third-order valence-electron chi connectivity index (χ3n) is 3.57. The Labute approximate surface area is 143 Å². The molecule has 2 amide bonds. The molecule has 1 aromatic heterocycles. The maximum absolute atomic E-state index is 12.1. The van der Waals surface area contributed by atoms with Gasteiger partial charge < -0.3 is 10.6 Å². The first-order chi connectivity index (χ1) is 10.9. The molecule has 0 fully saturated rings. The normalized spacial score (nSPS) is 10.8. The summed E-state index contributed by atoms with van der Waals surface area (Å²) in [6.07, 6.45) is 0. The fraction of sp³-hybridized carbons (Fsp3) is 0.125. The lowest BCUT2D eigenvalue weighted by atomic mass is 10.2. The number of nitrogens with zero attached hydrogens (tertiary/aromatic N) is 2. The second-order valence-electron chi connectivity index (χ2n) is 5.14. The van der Waals surface area contributed by atoms with Crippen molar-refractivity contribution in [2.24, 2.45) is 7.05 Å². The van der Waals surface area contributed by atoms with E-state index < -0.39 is 0 Å². The van der Waals surface area contributed by atoms with Gasteiger partial charge >= 0.3 is 6.03 Å². The fourth-order valence-corrected chi connectivity index (χ4v) is 2.74. The van der Waals surface area contributed by atoms with E-state index in [9.17, 15) is 4.79 Å². The number of nitrogens with one attached hydrogen (secondary N) is 2. The van der Waals surface area contributed by atoms with Crippen LogP contribution in [0.4, 0.5) is 16.2 Å². The van der Waals surface area contributed by atoms with E-state index in [1.165, 1.54) is 0 Å². The summed E-state index contributed by atoms with van der Waals surface area (Å²) in [5, 5.41) is 11.8. The molecule has 3 rings (SSSR count). The summed E-state index contributed by atoms with van der Waals surface area (Å²) in [7, 11) is 1.89. The highest BCUT2D eigenvalue weighted by Crippen LogP contribution is 2.26. The summed E-state index contributed by atoms with van der Waals surface area (Å²) in [5.74, 6) is 0. The van der Waals surface area contributed by atoms with Gasteiger partial charge in [0.15, 0.2) is 0 Å². The van der Waals surface area contributed by atoms with Crippen molar-refractivity contribution >= 4 is 51.5 Å². The molecule has 0 aliphatic carbocycles. The van der Waals surface area contributed by atoms with E-state index in [1.807, 2.05) is 36.9 Å². The smallest absolute Gasteiger partial charge is 0.308 e. The van der Waals surface area contributed by atoms with Crippen LogP contribution >= 0.6 is 23.2 Å². The predicted molar refractivity (Wildman–Crippen MR) is 94.6 cm³/mol. The highest BCUT2D eigenvalue weighted by atomic mass is 35.5. The Morgan fingerprint density at radius 1 is 1.13 bits per heavy atom. The Morgan fingerprint density at radius 2 is 1.91 bits per heavy atom. The van der Waals surface area contributed by atoms with E-state index in [4.69, 9.17) is 23.2 Å². The van der Waals surface area contributed by atoms with E-state index in [0.717, 1.165) is 16.6 Å². The SMILES string of the molecule is Cc1c2ccc(NC(=O)Nc3ccc(Cl)cc3Cl)cc2nn1C. The number of urea groups is 1. The van der Waals surface area contributed by atoms with Crippen LogP contribution in [0.2, 0.25) is 10.0 Å². The molecule has 2 N–H and O–H groups in total. The lowest BCUT2D eigenvalue weighted by molar-refractivity contribution is 0.262. The van der Waals surface area contributed by atoms with E-state index >= 15 is 0 Å². The number of hydrogen-bond donors (Lipinski definition) is 2. The number of halogens is 2. The van der Waals surface area contributed by atoms with Gasteiger partial charge in [0.2, 0.25) is 0 Å². The molecule has 0 aliphatic rings. The van der Waals surface area contributed by atoms with Gasteiger partial charge in [-0.05, 0) is 43.3 Å². The van der Waals surface area contributed by atoms with Gasteiger partial charge in [-0.1, -0.05) is 23.2 Å². The molecule has 2 aromatic carbocycles. The Kier molecular flexibility index (Phi) is 4.15. The first-order valence-electron chi connectivity index (χ1n) is 6.90. The number of aromatic nitrogens is 2. The molecule has 0 saturated heterocycles.